The Balaban J connectivity index is 1.75. The van der Waals surface area contributed by atoms with Gasteiger partial charge in [0.25, 0.3) is 5.56 Å². The molecule has 15 heteroatoms. The van der Waals surface area contributed by atoms with Crippen LogP contribution in [-0.2, 0) is 10.0 Å². The lowest BCUT2D eigenvalue weighted by Crippen LogP contribution is -2.34. The Morgan fingerprint density at radius 2 is 1.77 bits per heavy atom. The maximum atomic E-state index is 14.8. The van der Waals surface area contributed by atoms with Crippen molar-refractivity contribution < 1.29 is 30.4 Å². The van der Waals surface area contributed by atoms with E-state index < -0.39 is 69.1 Å². The van der Waals surface area contributed by atoms with Crippen LogP contribution in [0.5, 0.6) is 0 Å². The van der Waals surface area contributed by atoms with E-state index >= 15 is 0 Å². The van der Waals surface area contributed by atoms with Crippen LogP contribution in [0.4, 0.5) is 33.6 Å². The second-order valence-corrected chi connectivity index (χ2v) is 10.3. The monoisotopic (exact) mass is 518 g/mol. The number of hydrogen-bond donors (Lipinski definition) is 2. The number of nitrogens with zero attached hydrogens (tertiary/aromatic N) is 4. The highest BCUT2D eigenvalue weighted by Gasteiger charge is 2.65. The normalized spacial score (nSPS) is 15.5. The van der Waals surface area contributed by atoms with Crippen LogP contribution in [0.25, 0.3) is 22.4 Å². The van der Waals surface area contributed by atoms with Gasteiger partial charge in [-0.25, -0.2) is 27.2 Å². The minimum absolute atomic E-state index is 0.102. The molecule has 4 rings (SSSR count). The van der Waals surface area contributed by atoms with Gasteiger partial charge in [0.1, 0.15) is 16.9 Å². The molecule has 2 heterocycles. The maximum absolute atomic E-state index is 14.8. The molecular formula is C20H19F5N6O3S. The van der Waals surface area contributed by atoms with Crippen molar-refractivity contribution in [3.8, 4) is 11.3 Å². The second kappa shape index (κ2) is 8.10. The van der Waals surface area contributed by atoms with Crippen molar-refractivity contribution in [1.82, 2.24) is 19.5 Å². The van der Waals surface area contributed by atoms with Crippen LogP contribution in [0.2, 0.25) is 0 Å². The first kappa shape index (κ1) is 24.8. The van der Waals surface area contributed by atoms with Gasteiger partial charge in [-0.2, -0.15) is 18.2 Å². The molecule has 3 aromatic rings. The molecule has 1 fully saturated rings. The van der Waals surface area contributed by atoms with E-state index in [1.165, 1.54) is 10.8 Å². The van der Waals surface area contributed by atoms with Gasteiger partial charge in [-0.3, -0.25) is 14.1 Å². The van der Waals surface area contributed by atoms with E-state index in [-0.39, 0.29) is 28.4 Å². The van der Waals surface area contributed by atoms with Crippen LogP contribution in [-0.4, -0.2) is 39.9 Å². The molecule has 2 aromatic heterocycles. The first-order valence-corrected chi connectivity index (χ1v) is 11.9. The third-order valence-electron chi connectivity index (χ3n) is 5.66. The first-order chi connectivity index (χ1) is 16.1. The Labute approximate surface area is 195 Å². The van der Waals surface area contributed by atoms with Gasteiger partial charge in [0.05, 0.1) is 17.4 Å². The molecule has 0 saturated heterocycles. The molecule has 1 aliphatic carbocycles. The van der Waals surface area contributed by atoms with Crippen molar-refractivity contribution in [2.24, 2.45) is 5.41 Å². The number of anilines is 2. The zero-order chi connectivity index (χ0) is 25.9. The van der Waals surface area contributed by atoms with Gasteiger partial charge in [-0.15, -0.1) is 0 Å². The van der Waals surface area contributed by atoms with E-state index in [9.17, 15) is 35.2 Å². The molecule has 188 valence electrons. The quantitative estimate of drug-likeness (QED) is 0.478. The van der Waals surface area contributed by atoms with Gasteiger partial charge in [-0.1, -0.05) is 0 Å². The van der Waals surface area contributed by atoms with Gasteiger partial charge < -0.3 is 5.73 Å². The fourth-order valence-corrected chi connectivity index (χ4v) is 5.46. The van der Waals surface area contributed by atoms with Crippen molar-refractivity contribution in [2.45, 2.75) is 38.9 Å². The summed E-state index contributed by atoms with van der Waals surface area (Å²) in [6.07, 6.45) is -4.34. The summed E-state index contributed by atoms with van der Waals surface area (Å²) < 4.78 is 96.3. The summed E-state index contributed by atoms with van der Waals surface area (Å²) in [6, 6.07) is 0.872. The molecule has 0 aliphatic heterocycles. The van der Waals surface area contributed by atoms with Crippen molar-refractivity contribution in [3.05, 3.63) is 40.3 Å². The van der Waals surface area contributed by atoms with Crippen molar-refractivity contribution in [2.75, 3.05) is 16.2 Å². The van der Waals surface area contributed by atoms with Gasteiger partial charge in [0, 0.05) is 11.6 Å². The van der Waals surface area contributed by atoms with Crippen LogP contribution >= 0.6 is 0 Å². The summed E-state index contributed by atoms with van der Waals surface area (Å²) in [7, 11) is -4.75. The molecule has 0 bridgehead atoms. The second-order valence-electron chi connectivity index (χ2n) is 8.62. The number of fused-ring (bicyclic) bond motifs is 1. The fourth-order valence-electron chi connectivity index (χ4n) is 3.70. The Morgan fingerprint density at radius 3 is 2.29 bits per heavy atom. The summed E-state index contributed by atoms with van der Waals surface area (Å²) >= 11 is 0. The topological polar surface area (TPSA) is 133 Å². The Kier molecular flexibility index (Phi) is 5.73. The van der Waals surface area contributed by atoms with Crippen LogP contribution < -0.4 is 16.0 Å². The number of aromatic nitrogens is 4. The van der Waals surface area contributed by atoms with Gasteiger partial charge in [-0.05, 0) is 38.8 Å². The maximum Gasteiger partial charge on any atom is 0.395 e. The van der Waals surface area contributed by atoms with E-state index in [1.807, 2.05) is 0 Å². The van der Waals surface area contributed by atoms with Crippen LogP contribution in [0.1, 0.15) is 32.7 Å². The molecule has 1 aliphatic rings. The van der Waals surface area contributed by atoms with Gasteiger partial charge in [0.15, 0.2) is 17.3 Å². The number of nitrogens with one attached hydrogen (secondary N) is 1. The fraction of sp³-hybridized carbons (Fsp3) is 0.400. The molecule has 9 nitrogen and oxygen atoms in total. The van der Waals surface area contributed by atoms with E-state index in [1.54, 1.807) is 18.6 Å². The number of benzene rings is 1. The largest absolute Gasteiger partial charge is 0.395 e. The SMILES string of the molecule is CC(C)n1c(=O)c(-c2cc(F)c(NS(=O)(=O)CC3(C(F)(F)F)CC3)c(F)c2)nc2cnc(N)nc21. The standard InChI is InChI=1S/C20H19F5N6O3S/c1-9(2)31-16-13(7-27-18(26)29-16)28-14(17(31)32)10-5-11(21)15(12(22)6-10)30-35(33,34)8-19(3-4-19)20(23,24)25/h5-7,9,30H,3-4,8H2,1-2H3,(H2,26,27,29). The van der Waals surface area contributed by atoms with E-state index in [0.717, 1.165) is 0 Å². The highest BCUT2D eigenvalue weighted by Crippen LogP contribution is 2.58. The van der Waals surface area contributed by atoms with Gasteiger partial charge >= 0.3 is 6.18 Å². The zero-order valence-corrected chi connectivity index (χ0v) is 19.1. The smallest absolute Gasteiger partial charge is 0.368 e. The molecule has 0 radical (unpaired) electrons. The Hall–Kier alpha value is -3.36. The van der Waals surface area contributed by atoms with E-state index in [2.05, 4.69) is 15.0 Å². The Morgan fingerprint density at radius 1 is 1.17 bits per heavy atom. The van der Waals surface area contributed by atoms with Crippen molar-refractivity contribution in [3.63, 3.8) is 0 Å². The molecule has 35 heavy (non-hydrogen) atoms. The summed E-state index contributed by atoms with van der Waals surface area (Å²) in [5.41, 5.74) is 0.745. The minimum atomic E-state index is -4.77. The predicted molar refractivity (Wildman–Crippen MR) is 117 cm³/mol. The summed E-state index contributed by atoms with van der Waals surface area (Å²) in [6.45, 7) is 3.32. The lowest BCUT2D eigenvalue weighted by Gasteiger charge is -2.20. The summed E-state index contributed by atoms with van der Waals surface area (Å²) in [5.74, 6) is -4.36. The molecule has 0 amide bonds. The highest BCUT2D eigenvalue weighted by atomic mass is 32.2. The third-order valence-corrected chi connectivity index (χ3v) is 7.11. The minimum Gasteiger partial charge on any atom is -0.368 e. The number of sulfonamides is 1. The van der Waals surface area contributed by atoms with E-state index in [4.69, 9.17) is 5.73 Å². The highest BCUT2D eigenvalue weighted by molar-refractivity contribution is 7.92. The number of alkyl halides is 3. The summed E-state index contributed by atoms with van der Waals surface area (Å²) in [5, 5.41) is 0. The first-order valence-electron chi connectivity index (χ1n) is 10.3. The lowest BCUT2D eigenvalue weighted by atomic mass is 10.1. The number of nitrogens with two attached hydrogens (primary N) is 1. The predicted octanol–water partition coefficient (Wildman–Crippen LogP) is 3.38. The third kappa shape index (κ3) is 4.51. The number of nitrogen functional groups attached to an aromatic ring is 1. The zero-order valence-electron chi connectivity index (χ0n) is 18.3. The van der Waals surface area contributed by atoms with Crippen LogP contribution in [0.15, 0.2) is 23.1 Å². The molecule has 0 unspecified atom stereocenters. The van der Waals surface area contributed by atoms with Gasteiger partial charge in [0.2, 0.25) is 16.0 Å². The van der Waals surface area contributed by atoms with E-state index in [0.29, 0.717) is 12.1 Å². The molecule has 1 aromatic carbocycles. The van der Waals surface area contributed by atoms with Crippen LogP contribution in [0.3, 0.4) is 0 Å². The average Bonchev–Trinajstić information content (AvgIpc) is 3.50. The molecule has 0 atom stereocenters. The molecule has 0 spiro atoms. The summed E-state index contributed by atoms with van der Waals surface area (Å²) in [4.78, 5) is 24.9. The molecule has 3 N–H and O–H groups in total. The van der Waals surface area contributed by atoms with Crippen LogP contribution in [0, 0.1) is 17.0 Å². The number of hydrogen-bond acceptors (Lipinski definition) is 7. The van der Waals surface area contributed by atoms with Crippen molar-refractivity contribution in [1.29, 1.82) is 0 Å². The average molecular weight is 518 g/mol. The Bertz CT molecular complexity index is 1480. The molecule has 1 saturated carbocycles. The number of rotatable bonds is 6. The molecular weight excluding hydrogens is 499 g/mol. The number of halogens is 5. The van der Waals surface area contributed by atoms with Crippen molar-refractivity contribution >= 4 is 32.8 Å². The lowest BCUT2D eigenvalue weighted by molar-refractivity contribution is -0.179.